The van der Waals surface area contributed by atoms with Crippen LogP contribution in [0.5, 0.6) is 17.2 Å². The number of methoxy groups -OCH3 is 2. The molecule has 0 unspecified atom stereocenters. The number of benzene rings is 2. The second kappa shape index (κ2) is 9.06. The third kappa shape index (κ3) is 4.62. The molecule has 0 aliphatic heterocycles. The maximum absolute atomic E-state index is 6.30. The first-order chi connectivity index (χ1) is 15.1. The summed E-state index contributed by atoms with van der Waals surface area (Å²) in [4.78, 5) is 4.34. The lowest BCUT2D eigenvalue weighted by Crippen LogP contribution is -2.30. The minimum Gasteiger partial charge on any atom is -0.493 e. The average molecular weight is 418 g/mol. The third-order valence-corrected chi connectivity index (χ3v) is 5.20. The molecule has 7 heteroatoms. The molecule has 0 amide bonds. The van der Waals surface area contributed by atoms with Gasteiger partial charge in [0.25, 0.3) is 0 Å². The molecule has 2 aromatic carbocycles. The molecule has 0 fully saturated rings. The Morgan fingerprint density at radius 3 is 2.61 bits per heavy atom. The molecule has 0 aliphatic carbocycles. The van der Waals surface area contributed by atoms with Crippen molar-refractivity contribution in [1.29, 1.82) is 0 Å². The maximum atomic E-state index is 6.30. The zero-order valence-electron chi connectivity index (χ0n) is 17.9. The van der Waals surface area contributed by atoms with Crippen molar-refractivity contribution in [2.45, 2.75) is 19.4 Å². The number of nitrogens with two attached hydrogens (primary N) is 1. The highest BCUT2D eigenvalue weighted by atomic mass is 16.5. The summed E-state index contributed by atoms with van der Waals surface area (Å²) in [5.41, 5.74) is 11.4. The number of rotatable bonds is 8. The van der Waals surface area contributed by atoms with Gasteiger partial charge < -0.3 is 19.9 Å². The zero-order chi connectivity index (χ0) is 21.8. The number of ether oxygens (including phenoxy) is 3. The molecule has 31 heavy (non-hydrogen) atoms. The van der Waals surface area contributed by atoms with E-state index in [1.807, 2.05) is 49.5 Å². The molecule has 0 saturated heterocycles. The molecule has 2 heterocycles. The molecule has 0 spiro atoms. The number of pyridine rings is 1. The van der Waals surface area contributed by atoms with Crippen molar-refractivity contribution < 1.29 is 14.2 Å². The van der Waals surface area contributed by atoms with Crippen molar-refractivity contribution in [3.63, 3.8) is 0 Å². The first-order valence-corrected chi connectivity index (χ1v) is 10.1. The lowest BCUT2D eigenvalue weighted by molar-refractivity contribution is 0.286. The largest absolute Gasteiger partial charge is 0.493 e. The fraction of sp³-hybridized carbons (Fsp3) is 0.250. The molecule has 4 aromatic rings. The first-order valence-electron chi connectivity index (χ1n) is 10.1. The van der Waals surface area contributed by atoms with Crippen LogP contribution >= 0.6 is 0 Å². The van der Waals surface area contributed by atoms with Crippen molar-refractivity contribution in [2.75, 3.05) is 20.8 Å². The van der Waals surface area contributed by atoms with Gasteiger partial charge in [-0.05, 0) is 54.8 Å². The number of aromatic nitrogens is 3. The van der Waals surface area contributed by atoms with E-state index in [-0.39, 0.29) is 6.04 Å². The van der Waals surface area contributed by atoms with Gasteiger partial charge in [-0.15, -0.1) is 0 Å². The quantitative estimate of drug-likeness (QED) is 0.451. The van der Waals surface area contributed by atoms with Crippen molar-refractivity contribution in [2.24, 2.45) is 5.73 Å². The van der Waals surface area contributed by atoms with Crippen LogP contribution < -0.4 is 19.9 Å². The van der Waals surface area contributed by atoms with Crippen LogP contribution in [0.15, 0.2) is 54.9 Å². The van der Waals surface area contributed by atoms with Gasteiger partial charge in [0.2, 0.25) is 0 Å². The normalized spacial score (nSPS) is 12.0. The van der Waals surface area contributed by atoms with Gasteiger partial charge in [0.05, 0.1) is 25.9 Å². The van der Waals surface area contributed by atoms with Gasteiger partial charge in [0.15, 0.2) is 11.5 Å². The molecule has 0 saturated carbocycles. The summed E-state index contributed by atoms with van der Waals surface area (Å²) in [6.45, 7) is 2.38. The molecule has 0 bridgehead atoms. The fourth-order valence-electron chi connectivity index (χ4n) is 3.55. The molecule has 4 rings (SSSR count). The van der Waals surface area contributed by atoms with E-state index in [1.165, 1.54) is 0 Å². The SMILES string of the molecule is COc1ccc(C[C@H](N)COc2cncc(-c3ccc4n[nH]c(C)c4c3)c2)cc1OC. The summed E-state index contributed by atoms with van der Waals surface area (Å²) in [6, 6.07) is 13.8. The second-order valence-electron chi connectivity index (χ2n) is 7.45. The Kier molecular flexibility index (Phi) is 6.04. The predicted octanol–water partition coefficient (Wildman–Crippen LogP) is 3.90. The van der Waals surface area contributed by atoms with Crippen molar-refractivity contribution in [1.82, 2.24) is 15.2 Å². The standard InChI is InChI=1S/C24H26N4O3/c1-15-21-11-17(5-6-22(21)28-27-15)18-10-20(13-26-12-18)31-14-19(25)8-16-4-7-23(29-2)24(9-16)30-3/h4-7,9-13,19H,8,14,25H2,1-3H3,(H,27,28)/t19-/m0/s1. The summed E-state index contributed by atoms with van der Waals surface area (Å²) >= 11 is 0. The van der Waals surface area contributed by atoms with Crippen LogP contribution in [0.4, 0.5) is 0 Å². The Morgan fingerprint density at radius 2 is 1.81 bits per heavy atom. The van der Waals surface area contributed by atoms with Gasteiger partial charge in [-0.3, -0.25) is 10.1 Å². The Morgan fingerprint density at radius 1 is 0.968 bits per heavy atom. The number of aryl methyl sites for hydroxylation is 1. The summed E-state index contributed by atoms with van der Waals surface area (Å²) in [5.74, 6) is 2.07. The predicted molar refractivity (Wildman–Crippen MR) is 121 cm³/mol. The van der Waals surface area contributed by atoms with Crippen LogP contribution in [-0.2, 0) is 6.42 Å². The first kappa shape index (κ1) is 20.7. The van der Waals surface area contributed by atoms with Crippen LogP contribution in [0.25, 0.3) is 22.0 Å². The molecule has 1 atom stereocenters. The Bertz CT molecular complexity index is 1190. The molecular formula is C24H26N4O3. The van der Waals surface area contributed by atoms with E-state index in [0.717, 1.165) is 33.3 Å². The summed E-state index contributed by atoms with van der Waals surface area (Å²) < 4.78 is 16.6. The number of aromatic amines is 1. The van der Waals surface area contributed by atoms with E-state index in [4.69, 9.17) is 19.9 Å². The molecule has 3 N–H and O–H groups in total. The number of nitrogens with zero attached hydrogens (tertiary/aromatic N) is 2. The van der Waals surface area contributed by atoms with Crippen molar-refractivity contribution >= 4 is 10.9 Å². The summed E-state index contributed by atoms with van der Waals surface area (Å²) in [7, 11) is 3.24. The smallest absolute Gasteiger partial charge is 0.160 e. The Hall–Kier alpha value is -3.58. The van der Waals surface area contributed by atoms with Gasteiger partial charge in [-0.25, -0.2) is 0 Å². The van der Waals surface area contributed by atoms with Crippen molar-refractivity contribution in [3.05, 3.63) is 66.1 Å². The molecule has 2 aromatic heterocycles. The van der Waals surface area contributed by atoms with Gasteiger partial charge in [0, 0.05) is 28.9 Å². The van der Waals surface area contributed by atoms with Crippen LogP contribution in [0, 0.1) is 6.92 Å². The number of hydrogen-bond donors (Lipinski definition) is 2. The highest BCUT2D eigenvalue weighted by Crippen LogP contribution is 2.29. The Balaban J connectivity index is 1.42. The minimum atomic E-state index is -0.174. The second-order valence-corrected chi connectivity index (χ2v) is 7.45. The fourth-order valence-corrected chi connectivity index (χ4v) is 3.55. The third-order valence-electron chi connectivity index (χ3n) is 5.20. The van der Waals surface area contributed by atoms with Crippen LogP contribution in [0.2, 0.25) is 0 Å². The lowest BCUT2D eigenvalue weighted by atomic mass is 10.0. The van der Waals surface area contributed by atoms with Crippen LogP contribution in [0.1, 0.15) is 11.3 Å². The number of nitrogens with one attached hydrogen (secondary N) is 1. The average Bonchev–Trinajstić information content (AvgIpc) is 3.18. The molecular weight excluding hydrogens is 392 g/mol. The molecule has 160 valence electrons. The van der Waals surface area contributed by atoms with E-state index in [2.05, 4.69) is 21.2 Å². The number of H-pyrrole nitrogens is 1. The van der Waals surface area contributed by atoms with E-state index in [9.17, 15) is 0 Å². The lowest BCUT2D eigenvalue weighted by Gasteiger charge is -2.15. The Labute approximate surface area is 181 Å². The van der Waals surface area contributed by atoms with Crippen LogP contribution in [0.3, 0.4) is 0 Å². The highest BCUT2D eigenvalue weighted by Gasteiger charge is 2.11. The summed E-state index contributed by atoms with van der Waals surface area (Å²) in [6.07, 6.45) is 4.19. The van der Waals surface area contributed by atoms with Gasteiger partial charge in [0.1, 0.15) is 12.4 Å². The van der Waals surface area contributed by atoms with Gasteiger partial charge in [-0.1, -0.05) is 12.1 Å². The molecule has 7 nitrogen and oxygen atoms in total. The van der Waals surface area contributed by atoms with E-state index in [1.54, 1.807) is 20.4 Å². The molecule has 0 aliphatic rings. The van der Waals surface area contributed by atoms with E-state index < -0.39 is 0 Å². The minimum absolute atomic E-state index is 0.174. The summed E-state index contributed by atoms with van der Waals surface area (Å²) in [5, 5.41) is 8.39. The number of fused-ring (bicyclic) bond motifs is 1. The topological polar surface area (TPSA) is 95.3 Å². The van der Waals surface area contributed by atoms with Crippen molar-refractivity contribution in [3.8, 4) is 28.4 Å². The van der Waals surface area contributed by atoms with E-state index in [0.29, 0.717) is 30.3 Å². The van der Waals surface area contributed by atoms with Gasteiger partial charge >= 0.3 is 0 Å². The number of hydrogen-bond acceptors (Lipinski definition) is 6. The molecule has 0 radical (unpaired) electrons. The maximum Gasteiger partial charge on any atom is 0.160 e. The monoisotopic (exact) mass is 418 g/mol. The van der Waals surface area contributed by atoms with E-state index >= 15 is 0 Å². The van der Waals surface area contributed by atoms with Gasteiger partial charge in [-0.2, -0.15) is 5.10 Å². The highest BCUT2D eigenvalue weighted by molar-refractivity contribution is 5.86. The zero-order valence-corrected chi connectivity index (χ0v) is 17.9. The van der Waals surface area contributed by atoms with Crippen LogP contribution in [-0.4, -0.2) is 42.0 Å².